The van der Waals surface area contributed by atoms with Gasteiger partial charge in [0.2, 0.25) is 5.91 Å². The van der Waals surface area contributed by atoms with E-state index in [4.69, 9.17) is 11.5 Å². The number of nitrogens with two attached hydrogens (primary N) is 2. The minimum atomic E-state index is -4.64. The first-order valence-electron chi connectivity index (χ1n) is 10.3. The molecule has 170 valence electrons. The molecule has 1 amide bonds. The normalized spacial score (nSPS) is 19.8. The Morgan fingerprint density at radius 2 is 1.81 bits per heavy atom. The molecular formula is C24H25F4N3O. The number of hydrogen-bond acceptors (Lipinski definition) is 3. The molecule has 0 aromatic heterocycles. The average molecular weight is 447 g/mol. The minimum Gasteiger partial charge on any atom is -0.405 e. The first kappa shape index (κ1) is 23.4. The van der Waals surface area contributed by atoms with Crippen molar-refractivity contribution in [3.05, 3.63) is 83.3 Å². The average Bonchev–Trinajstić information content (AvgIpc) is 2.78. The molecule has 32 heavy (non-hydrogen) atoms. The number of rotatable bonds is 5. The van der Waals surface area contributed by atoms with Gasteiger partial charge < -0.3 is 16.8 Å². The Morgan fingerprint density at radius 1 is 1.09 bits per heavy atom. The Bertz CT molecular complexity index is 1010. The smallest absolute Gasteiger partial charge is 0.405 e. The van der Waals surface area contributed by atoms with Crippen LogP contribution in [0.2, 0.25) is 0 Å². The summed E-state index contributed by atoms with van der Waals surface area (Å²) in [6.45, 7) is 0. The van der Waals surface area contributed by atoms with Gasteiger partial charge in [-0.25, -0.2) is 4.39 Å². The molecule has 2 aromatic rings. The SMILES string of the molecule is N/C=C\C=C(/N)c1ccc(C2CCCC(C(=O)Nc3ccc(C(F)(F)F)cc3F)C2)cc1. The van der Waals surface area contributed by atoms with Gasteiger partial charge in [0.1, 0.15) is 5.82 Å². The lowest BCUT2D eigenvalue weighted by molar-refractivity contribution is -0.137. The van der Waals surface area contributed by atoms with E-state index >= 15 is 0 Å². The Hall–Kier alpha value is -3.29. The van der Waals surface area contributed by atoms with Crippen LogP contribution in [0.25, 0.3) is 5.70 Å². The van der Waals surface area contributed by atoms with E-state index in [0.717, 1.165) is 36.1 Å². The van der Waals surface area contributed by atoms with Crippen molar-refractivity contribution in [1.29, 1.82) is 0 Å². The summed E-state index contributed by atoms with van der Waals surface area (Å²) in [4.78, 5) is 12.7. The Labute approximate surface area is 184 Å². The lowest BCUT2D eigenvalue weighted by Gasteiger charge is -2.29. The van der Waals surface area contributed by atoms with Crippen molar-refractivity contribution in [2.24, 2.45) is 17.4 Å². The monoisotopic (exact) mass is 447 g/mol. The minimum absolute atomic E-state index is 0.153. The van der Waals surface area contributed by atoms with Gasteiger partial charge in [0.25, 0.3) is 0 Å². The molecule has 0 heterocycles. The van der Waals surface area contributed by atoms with Crippen LogP contribution >= 0.6 is 0 Å². The maximum Gasteiger partial charge on any atom is 0.416 e. The molecule has 2 unspecified atom stereocenters. The molecular weight excluding hydrogens is 422 g/mol. The van der Waals surface area contributed by atoms with E-state index in [1.165, 1.54) is 6.20 Å². The fourth-order valence-corrected chi connectivity index (χ4v) is 3.96. The predicted molar refractivity (Wildman–Crippen MR) is 117 cm³/mol. The molecule has 0 bridgehead atoms. The second-order valence-electron chi connectivity index (χ2n) is 7.87. The van der Waals surface area contributed by atoms with E-state index in [0.29, 0.717) is 24.6 Å². The number of nitrogens with one attached hydrogen (secondary N) is 1. The van der Waals surface area contributed by atoms with Crippen LogP contribution in [0.4, 0.5) is 23.2 Å². The van der Waals surface area contributed by atoms with Crippen molar-refractivity contribution in [3.63, 3.8) is 0 Å². The first-order valence-corrected chi connectivity index (χ1v) is 10.3. The van der Waals surface area contributed by atoms with Crippen LogP contribution in [-0.2, 0) is 11.0 Å². The van der Waals surface area contributed by atoms with Gasteiger partial charge in [-0.2, -0.15) is 13.2 Å². The number of benzene rings is 2. The van der Waals surface area contributed by atoms with Crippen molar-refractivity contribution in [3.8, 4) is 0 Å². The number of anilines is 1. The number of halogens is 4. The van der Waals surface area contributed by atoms with E-state index in [1.54, 1.807) is 12.2 Å². The van der Waals surface area contributed by atoms with E-state index in [2.05, 4.69) is 5.32 Å². The fraction of sp³-hybridized carbons (Fsp3) is 0.292. The highest BCUT2D eigenvalue weighted by molar-refractivity contribution is 5.92. The van der Waals surface area contributed by atoms with Crippen molar-refractivity contribution >= 4 is 17.3 Å². The summed E-state index contributed by atoms with van der Waals surface area (Å²) in [7, 11) is 0. The third-order valence-electron chi connectivity index (χ3n) is 5.70. The van der Waals surface area contributed by atoms with Gasteiger partial charge in [0.05, 0.1) is 11.3 Å². The van der Waals surface area contributed by atoms with E-state index in [9.17, 15) is 22.4 Å². The van der Waals surface area contributed by atoms with Crippen molar-refractivity contribution in [1.82, 2.24) is 0 Å². The van der Waals surface area contributed by atoms with Gasteiger partial charge in [-0.15, -0.1) is 0 Å². The zero-order valence-corrected chi connectivity index (χ0v) is 17.3. The van der Waals surface area contributed by atoms with Crippen LogP contribution in [0.3, 0.4) is 0 Å². The van der Waals surface area contributed by atoms with Crippen LogP contribution in [-0.4, -0.2) is 5.91 Å². The van der Waals surface area contributed by atoms with Crippen LogP contribution in [0.1, 0.15) is 48.3 Å². The highest BCUT2D eigenvalue weighted by Crippen LogP contribution is 2.37. The maximum absolute atomic E-state index is 14.1. The van der Waals surface area contributed by atoms with Crippen molar-refractivity contribution < 1.29 is 22.4 Å². The van der Waals surface area contributed by atoms with Gasteiger partial charge in [-0.3, -0.25) is 4.79 Å². The summed E-state index contributed by atoms with van der Waals surface area (Å²) in [6.07, 6.45) is 3.06. The van der Waals surface area contributed by atoms with Crippen molar-refractivity contribution in [2.45, 2.75) is 37.8 Å². The second-order valence-corrected chi connectivity index (χ2v) is 7.87. The molecule has 1 saturated carbocycles. The Kier molecular flexibility index (Phi) is 7.22. The van der Waals surface area contributed by atoms with Gasteiger partial charge in [0.15, 0.2) is 0 Å². The Morgan fingerprint density at radius 3 is 2.44 bits per heavy atom. The molecule has 4 nitrogen and oxygen atoms in total. The summed E-state index contributed by atoms with van der Waals surface area (Å²) in [5, 5.41) is 2.45. The standard InChI is InChI=1S/C24H25F4N3O/c25-20-14-19(24(26,27)28)10-11-22(20)31-23(32)18-4-1-3-17(13-18)15-6-8-16(9-7-15)21(30)5-2-12-29/h2,5-12,14,17-18H,1,3-4,13,29-30H2,(H,31,32)/b12-2-,21-5-. The number of carbonyl (C=O) groups excluding carboxylic acids is 1. The fourth-order valence-electron chi connectivity index (χ4n) is 3.96. The first-order chi connectivity index (χ1) is 15.2. The summed E-state index contributed by atoms with van der Waals surface area (Å²) in [6, 6.07) is 9.87. The predicted octanol–water partition coefficient (Wildman–Crippen LogP) is 5.53. The van der Waals surface area contributed by atoms with Crippen LogP contribution in [0.5, 0.6) is 0 Å². The molecule has 0 radical (unpaired) electrons. The number of carbonyl (C=O) groups is 1. The molecule has 1 fully saturated rings. The number of alkyl halides is 3. The molecule has 8 heteroatoms. The Balaban J connectivity index is 1.66. The molecule has 2 aromatic carbocycles. The molecule has 2 atom stereocenters. The summed E-state index contributed by atoms with van der Waals surface area (Å²) in [5.74, 6) is -1.69. The van der Waals surface area contributed by atoms with Crippen LogP contribution < -0.4 is 16.8 Å². The number of amides is 1. The lowest BCUT2D eigenvalue weighted by atomic mass is 9.77. The molecule has 0 aliphatic heterocycles. The summed E-state index contributed by atoms with van der Waals surface area (Å²) >= 11 is 0. The van der Waals surface area contributed by atoms with Crippen LogP contribution in [0.15, 0.2) is 60.8 Å². The second kappa shape index (κ2) is 9.89. The van der Waals surface area contributed by atoms with Crippen molar-refractivity contribution in [2.75, 3.05) is 5.32 Å². The number of hydrogen-bond donors (Lipinski definition) is 3. The van der Waals surface area contributed by atoms with Gasteiger partial charge >= 0.3 is 6.18 Å². The zero-order chi connectivity index (χ0) is 23.3. The molecule has 3 rings (SSSR count). The van der Waals surface area contributed by atoms with Crippen LogP contribution in [0, 0.1) is 11.7 Å². The third-order valence-corrected chi connectivity index (χ3v) is 5.70. The summed E-state index contributed by atoms with van der Waals surface area (Å²) < 4.78 is 52.2. The van der Waals surface area contributed by atoms with E-state index in [-0.39, 0.29) is 23.4 Å². The molecule has 0 saturated heterocycles. The summed E-state index contributed by atoms with van der Waals surface area (Å²) in [5.41, 5.74) is 12.5. The van der Waals surface area contributed by atoms with Gasteiger partial charge in [-0.1, -0.05) is 30.7 Å². The zero-order valence-electron chi connectivity index (χ0n) is 17.3. The molecule has 1 aliphatic rings. The van der Waals surface area contributed by atoms with E-state index in [1.807, 2.05) is 24.3 Å². The van der Waals surface area contributed by atoms with Gasteiger partial charge in [-0.05, 0) is 72.9 Å². The quantitative estimate of drug-likeness (QED) is 0.416. The largest absolute Gasteiger partial charge is 0.416 e. The lowest BCUT2D eigenvalue weighted by Crippen LogP contribution is -2.28. The molecule has 5 N–H and O–H groups in total. The maximum atomic E-state index is 14.1. The third kappa shape index (κ3) is 5.69. The topological polar surface area (TPSA) is 81.1 Å². The van der Waals surface area contributed by atoms with E-state index < -0.39 is 17.6 Å². The molecule has 0 spiro atoms. The number of allylic oxidation sites excluding steroid dienone is 2. The van der Waals surface area contributed by atoms with Gasteiger partial charge in [0, 0.05) is 11.6 Å². The molecule has 1 aliphatic carbocycles. The highest BCUT2D eigenvalue weighted by Gasteiger charge is 2.32. The highest BCUT2D eigenvalue weighted by atomic mass is 19.4.